The number of nitrogens with zero attached hydrogens (tertiary/aromatic N) is 2. The minimum Gasteiger partial charge on any atom is -0.351 e. The number of rotatable bonds is 4. The Balaban J connectivity index is 1.67. The van der Waals surface area contributed by atoms with Gasteiger partial charge in [-0.05, 0) is 42.7 Å². The summed E-state index contributed by atoms with van der Waals surface area (Å²) in [5.74, 6) is -0.574. The maximum absolute atomic E-state index is 12.5. The largest absolute Gasteiger partial charge is 0.416 e. The van der Waals surface area contributed by atoms with Crippen LogP contribution in [0.1, 0.15) is 27.0 Å². The van der Waals surface area contributed by atoms with Crippen LogP contribution in [-0.2, 0) is 12.6 Å². The smallest absolute Gasteiger partial charge is 0.351 e. The zero-order valence-corrected chi connectivity index (χ0v) is 14.4. The summed E-state index contributed by atoms with van der Waals surface area (Å²) in [6.45, 7) is 2.00. The molecule has 0 spiro atoms. The van der Waals surface area contributed by atoms with Gasteiger partial charge in [0.05, 0.1) is 5.56 Å². The highest BCUT2D eigenvalue weighted by molar-refractivity contribution is 5.93. The number of pyridine rings is 1. The molecule has 0 aliphatic rings. The molecular weight excluding hydrogens is 359 g/mol. The molecule has 0 radical (unpaired) electrons. The van der Waals surface area contributed by atoms with E-state index in [0.717, 1.165) is 17.7 Å². The molecule has 2 aromatic heterocycles. The molecule has 140 valence electrons. The summed E-state index contributed by atoms with van der Waals surface area (Å²) in [4.78, 5) is 28.8. The molecule has 0 bridgehead atoms. The van der Waals surface area contributed by atoms with E-state index in [2.05, 4.69) is 10.3 Å². The van der Waals surface area contributed by atoms with Crippen molar-refractivity contribution >= 4 is 11.6 Å². The predicted octanol–water partition coefficient (Wildman–Crippen LogP) is 2.99. The van der Waals surface area contributed by atoms with Crippen molar-refractivity contribution in [2.75, 3.05) is 6.54 Å². The molecule has 1 aromatic carbocycles. The van der Waals surface area contributed by atoms with E-state index in [1.165, 1.54) is 22.7 Å². The quantitative estimate of drug-likeness (QED) is 0.763. The number of hydrogen-bond donors (Lipinski definition) is 1. The van der Waals surface area contributed by atoms with Crippen LogP contribution in [0.4, 0.5) is 13.2 Å². The van der Waals surface area contributed by atoms with Crippen molar-refractivity contribution in [3.63, 3.8) is 0 Å². The van der Waals surface area contributed by atoms with Crippen molar-refractivity contribution in [1.82, 2.24) is 14.7 Å². The highest BCUT2D eigenvalue weighted by Gasteiger charge is 2.29. The summed E-state index contributed by atoms with van der Waals surface area (Å²) in [6.07, 6.45) is -1.22. The zero-order chi connectivity index (χ0) is 19.6. The van der Waals surface area contributed by atoms with Gasteiger partial charge in [-0.15, -0.1) is 0 Å². The van der Waals surface area contributed by atoms with Gasteiger partial charge in [-0.1, -0.05) is 18.2 Å². The fourth-order valence-electron chi connectivity index (χ4n) is 2.61. The summed E-state index contributed by atoms with van der Waals surface area (Å²) >= 11 is 0. The van der Waals surface area contributed by atoms with Gasteiger partial charge in [-0.2, -0.15) is 13.2 Å². The minimum atomic E-state index is -4.38. The first-order chi connectivity index (χ1) is 12.8. The van der Waals surface area contributed by atoms with Gasteiger partial charge in [-0.3, -0.25) is 14.0 Å². The highest BCUT2D eigenvalue weighted by Crippen LogP contribution is 2.29. The van der Waals surface area contributed by atoms with Crippen LogP contribution in [0.5, 0.6) is 0 Å². The summed E-state index contributed by atoms with van der Waals surface area (Å²) in [7, 11) is 0. The Morgan fingerprint density at radius 2 is 1.85 bits per heavy atom. The Hall–Kier alpha value is -3.16. The molecule has 0 saturated heterocycles. The molecule has 0 aliphatic heterocycles. The van der Waals surface area contributed by atoms with Crippen LogP contribution in [0.2, 0.25) is 0 Å². The third-order valence-corrected chi connectivity index (χ3v) is 4.08. The number of carbonyl (C=O) groups excluding carboxylic acids is 1. The number of halogens is 3. The molecule has 0 saturated carbocycles. The van der Waals surface area contributed by atoms with Crippen LogP contribution >= 0.6 is 0 Å². The lowest BCUT2D eigenvalue weighted by Crippen LogP contribution is -2.32. The molecule has 0 atom stereocenters. The number of benzene rings is 1. The number of alkyl halides is 3. The number of fused-ring (bicyclic) bond motifs is 1. The van der Waals surface area contributed by atoms with Gasteiger partial charge >= 0.3 is 6.18 Å². The molecule has 0 aliphatic carbocycles. The molecule has 3 rings (SSSR count). The second-order valence-corrected chi connectivity index (χ2v) is 6.11. The second kappa shape index (κ2) is 7.22. The summed E-state index contributed by atoms with van der Waals surface area (Å²) in [5.41, 5.74) is 0.646. The van der Waals surface area contributed by atoms with Gasteiger partial charge in [0.25, 0.3) is 11.5 Å². The van der Waals surface area contributed by atoms with E-state index in [-0.39, 0.29) is 12.1 Å². The van der Waals surface area contributed by atoms with E-state index in [0.29, 0.717) is 17.6 Å². The normalized spacial score (nSPS) is 11.6. The first kappa shape index (κ1) is 18.6. The van der Waals surface area contributed by atoms with Crippen molar-refractivity contribution in [2.24, 2.45) is 0 Å². The maximum atomic E-state index is 12.5. The first-order valence-electron chi connectivity index (χ1n) is 8.18. The van der Waals surface area contributed by atoms with Crippen LogP contribution in [0.3, 0.4) is 0 Å². The van der Waals surface area contributed by atoms with Crippen molar-refractivity contribution < 1.29 is 18.0 Å². The molecule has 2 heterocycles. The van der Waals surface area contributed by atoms with Gasteiger partial charge < -0.3 is 5.32 Å². The third-order valence-electron chi connectivity index (χ3n) is 4.08. The summed E-state index contributed by atoms with van der Waals surface area (Å²) in [5, 5.41) is 2.60. The number of nitrogens with one attached hydrogen (secondary N) is 1. The maximum Gasteiger partial charge on any atom is 0.416 e. The van der Waals surface area contributed by atoms with Crippen molar-refractivity contribution in [3.05, 3.63) is 81.4 Å². The number of carbonyl (C=O) groups is 1. The fourth-order valence-corrected chi connectivity index (χ4v) is 2.61. The molecule has 1 amide bonds. The van der Waals surface area contributed by atoms with Crippen LogP contribution in [0.15, 0.2) is 53.6 Å². The molecular formula is C19H16F3N3O2. The Morgan fingerprint density at radius 1 is 1.15 bits per heavy atom. The highest BCUT2D eigenvalue weighted by atomic mass is 19.4. The van der Waals surface area contributed by atoms with Crippen molar-refractivity contribution in [2.45, 2.75) is 19.5 Å². The molecule has 8 heteroatoms. The van der Waals surface area contributed by atoms with Gasteiger partial charge in [0.2, 0.25) is 0 Å². The van der Waals surface area contributed by atoms with E-state index in [1.807, 2.05) is 13.0 Å². The SMILES string of the molecule is Cc1ccc2ncc(C(=O)NCCc3ccc(C(F)(F)F)cc3)c(=O)n2c1. The van der Waals surface area contributed by atoms with E-state index >= 15 is 0 Å². The van der Waals surface area contributed by atoms with Crippen LogP contribution in [0, 0.1) is 6.92 Å². The van der Waals surface area contributed by atoms with E-state index < -0.39 is 23.2 Å². The lowest BCUT2D eigenvalue weighted by atomic mass is 10.1. The number of aryl methyl sites for hydroxylation is 1. The Kier molecular flexibility index (Phi) is 4.98. The van der Waals surface area contributed by atoms with E-state index in [4.69, 9.17) is 0 Å². The predicted molar refractivity (Wildman–Crippen MR) is 93.7 cm³/mol. The van der Waals surface area contributed by atoms with E-state index in [9.17, 15) is 22.8 Å². The van der Waals surface area contributed by atoms with Gasteiger partial charge in [-0.25, -0.2) is 4.98 Å². The standard InChI is InChI=1S/C19H16F3N3O2/c1-12-2-7-16-24-10-15(18(27)25(16)11-12)17(26)23-9-8-13-3-5-14(6-4-13)19(20,21)22/h2-7,10-11H,8-9H2,1H3,(H,23,26). The minimum absolute atomic E-state index is 0.0921. The van der Waals surface area contributed by atoms with Gasteiger partial charge in [0.15, 0.2) is 0 Å². The Labute approximate surface area is 152 Å². The Morgan fingerprint density at radius 3 is 2.52 bits per heavy atom. The lowest BCUT2D eigenvalue weighted by Gasteiger charge is -2.09. The average Bonchev–Trinajstić information content (AvgIpc) is 2.62. The van der Waals surface area contributed by atoms with Crippen LogP contribution < -0.4 is 10.9 Å². The fraction of sp³-hybridized carbons (Fsp3) is 0.211. The zero-order valence-electron chi connectivity index (χ0n) is 14.4. The molecule has 5 nitrogen and oxygen atoms in total. The number of amides is 1. The van der Waals surface area contributed by atoms with Crippen molar-refractivity contribution in [1.29, 1.82) is 0 Å². The second-order valence-electron chi connectivity index (χ2n) is 6.11. The van der Waals surface area contributed by atoms with Crippen molar-refractivity contribution in [3.8, 4) is 0 Å². The summed E-state index contributed by atoms with van der Waals surface area (Å²) in [6, 6.07) is 8.22. The lowest BCUT2D eigenvalue weighted by molar-refractivity contribution is -0.137. The van der Waals surface area contributed by atoms with Crippen LogP contribution in [-0.4, -0.2) is 21.8 Å². The van der Waals surface area contributed by atoms with Gasteiger partial charge in [0, 0.05) is 18.9 Å². The monoisotopic (exact) mass is 375 g/mol. The van der Waals surface area contributed by atoms with Crippen LogP contribution in [0.25, 0.3) is 5.65 Å². The van der Waals surface area contributed by atoms with E-state index in [1.54, 1.807) is 12.3 Å². The molecule has 0 fully saturated rings. The molecule has 1 N–H and O–H groups in total. The molecule has 0 unspecified atom stereocenters. The topological polar surface area (TPSA) is 63.5 Å². The first-order valence-corrected chi connectivity index (χ1v) is 8.18. The summed E-state index contributed by atoms with van der Waals surface area (Å²) < 4.78 is 38.9. The molecule has 3 aromatic rings. The number of aromatic nitrogens is 2. The third kappa shape index (κ3) is 4.16. The Bertz CT molecular complexity index is 1040. The number of hydrogen-bond acceptors (Lipinski definition) is 3. The van der Waals surface area contributed by atoms with Gasteiger partial charge in [0.1, 0.15) is 11.2 Å². The molecule has 27 heavy (non-hydrogen) atoms. The average molecular weight is 375 g/mol.